The molecule has 2 heteroatoms. The molecule has 0 bridgehead atoms. The van der Waals surface area contributed by atoms with E-state index in [0.29, 0.717) is 18.9 Å². The molecule has 0 saturated heterocycles. The molecule has 0 aliphatic rings. The van der Waals surface area contributed by atoms with Gasteiger partial charge in [-0.1, -0.05) is 50.2 Å². The van der Waals surface area contributed by atoms with Crippen molar-refractivity contribution in [2.24, 2.45) is 5.92 Å². The van der Waals surface area contributed by atoms with Gasteiger partial charge in [-0.2, -0.15) is 0 Å². The van der Waals surface area contributed by atoms with Crippen molar-refractivity contribution in [3.8, 4) is 0 Å². The number of rotatable bonds is 5. The Morgan fingerprint density at radius 1 is 1.11 bits per heavy atom. The van der Waals surface area contributed by atoms with Crippen LogP contribution >= 0.6 is 0 Å². The molecule has 0 radical (unpaired) electrons. The van der Waals surface area contributed by atoms with Crippen LogP contribution in [0, 0.1) is 5.92 Å². The third kappa shape index (κ3) is 4.09. The van der Waals surface area contributed by atoms with Crippen molar-refractivity contribution in [1.82, 2.24) is 0 Å². The van der Waals surface area contributed by atoms with Gasteiger partial charge in [0.1, 0.15) is 6.61 Å². The van der Waals surface area contributed by atoms with E-state index in [1.54, 1.807) is 0 Å². The fourth-order valence-electron chi connectivity index (χ4n) is 1.97. The van der Waals surface area contributed by atoms with Gasteiger partial charge in [0, 0.05) is 6.42 Å². The fourth-order valence-corrected chi connectivity index (χ4v) is 1.97. The molecule has 19 heavy (non-hydrogen) atoms. The summed E-state index contributed by atoms with van der Waals surface area (Å²) in [6.07, 6.45) is 1.39. The Kier molecular flexibility index (Phi) is 4.56. The summed E-state index contributed by atoms with van der Waals surface area (Å²) in [6.45, 7) is 4.58. The largest absolute Gasteiger partial charge is 0.461 e. The summed E-state index contributed by atoms with van der Waals surface area (Å²) in [5.41, 5.74) is 1.04. The second kappa shape index (κ2) is 6.37. The van der Waals surface area contributed by atoms with Gasteiger partial charge in [-0.15, -0.1) is 0 Å². The molecular weight excluding hydrogens is 236 g/mol. The van der Waals surface area contributed by atoms with Crippen LogP contribution in [0.15, 0.2) is 42.5 Å². The van der Waals surface area contributed by atoms with E-state index in [0.717, 1.165) is 12.0 Å². The zero-order valence-corrected chi connectivity index (χ0v) is 11.6. The van der Waals surface area contributed by atoms with Gasteiger partial charge in [0.05, 0.1) is 0 Å². The quantitative estimate of drug-likeness (QED) is 0.745. The van der Waals surface area contributed by atoms with Crippen LogP contribution in [0.5, 0.6) is 0 Å². The molecule has 2 aromatic rings. The number of hydrogen-bond acceptors (Lipinski definition) is 2. The van der Waals surface area contributed by atoms with E-state index in [1.165, 1.54) is 10.8 Å². The first-order valence-electron chi connectivity index (χ1n) is 6.78. The molecule has 2 rings (SSSR count). The van der Waals surface area contributed by atoms with Crippen molar-refractivity contribution in [2.75, 3.05) is 0 Å². The molecule has 0 atom stereocenters. The van der Waals surface area contributed by atoms with Gasteiger partial charge in [0.25, 0.3) is 0 Å². The van der Waals surface area contributed by atoms with Crippen LogP contribution in [0.2, 0.25) is 0 Å². The summed E-state index contributed by atoms with van der Waals surface area (Å²) in [4.78, 5) is 11.6. The number of hydrogen-bond donors (Lipinski definition) is 0. The summed E-state index contributed by atoms with van der Waals surface area (Å²) in [5, 5.41) is 2.38. The van der Waals surface area contributed by atoms with E-state index in [1.807, 2.05) is 18.2 Å². The molecule has 0 spiro atoms. The van der Waals surface area contributed by atoms with Crippen molar-refractivity contribution >= 4 is 16.7 Å². The number of esters is 1. The lowest BCUT2D eigenvalue weighted by Gasteiger charge is -2.07. The van der Waals surface area contributed by atoms with Crippen LogP contribution in [0.3, 0.4) is 0 Å². The molecule has 0 aromatic heterocycles. The molecule has 0 saturated carbocycles. The molecule has 2 nitrogen and oxygen atoms in total. The van der Waals surface area contributed by atoms with E-state index in [9.17, 15) is 4.79 Å². The second-order valence-corrected chi connectivity index (χ2v) is 5.27. The van der Waals surface area contributed by atoms with E-state index < -0.39 is 0 Å². The predicted octanol–water partition coefficient (Wildman–Crippen LogP) is 4.32. The molecule has 0 aliphatic heterocycles. The topological polar surface area (TPSA) is 26.3 Å². The Labute approximate surface area is 114 Å². The maximum atomic E-state index is 11.6. The Hall–Kier alpha value is -1.83. The van der Waals surface area contributed by atoms with Crippen molar-refractivity contribution in [2.45, 2.75) is 33.3 Å². The van der Waals surface area contributed by atoms with Crippen molar-refractivity contribution in [1.29, 1.82) is 0 Å². The van der Waals surface area contributed by atoms with Crippen LogP contribution in [0.25, 0.3) is 10.8 Å². The smallest absolute Gasteiger partial charge is 0.306 e. The number of ether oxygens (including phenoxy) is 1. The Morgan fingerprint density at radius 3 is 2.58 bits per heavy atom. The lowest BCUT2D eigenvalue weighted by atomic mass is 10.1. The minimum absolute atomic E-state index is 0.109. The summed E-state index contributed by atoms with van der Waals surface area (Å²) in [5.74, 6) is 0.426. The Bertz CT molecular complexity index is 558. The normalized spacial score (nSPS) is 10.9. The van der Waals surface area contributed by atoms with E-state index in [-0.39, 0.29) is 5.97 Å². The van der Waals surface area contributed by atoms with Gasteiger partial charge >= 0.3 is 5.97 Å². The van der Waals surface area contributed by atoms with Gasteiger partial charge in [-0.05, 0) is 34.7 Å². The first kappa shape index (κ1) is 13.6. The van der Waals surface area contributed by atoms with Gasteiger partial charge in [0.15, 0.2) is 0 Å². The molecule has 100 valence electrons. The predicted molar refractivity (Wildman–Crippen MR) is 77.8 cm³/mol. The number of carbonyl (C=O) groups excluding carboxylic acids is 1. The molecule has 0 heterocycles. The second-order valence-electron chi connectivity index (χ2n) is 5.27. The van der Waals surface area contributed by atoms with Gasteiger partial charge in [-0.25, -0.2) is 0 Å². The summed E-state index contributed by atoms with van der Waals surface area (Å²) in [7, 11) is 0. The molecule has 0 unspecified atom stereocenters. The standard InChI is InChI=1S/C17H20O2/c1-13(2)7-10-17(18)19-12-14-8-9-15-5-3-4-6-16(15)11-14/h3-6,8-9,11,13H,7,10,12H2,1-2H3. The molecule has 0 N–H and O–H groups in total. The molecular formula is C17H20O2. The zero-order valence-electron chi connectivity index (χ0n) is 11.6. The third-order valence-electron chi connectivity index (χ3n) is 3.14. The van der Waals surface area contributed by atoms with Crippen LogP contribution < -0.4 is 0 Å². The van der Waals surface area contributed by atoms with E-state index in [2.05, 4.69) is 38.1 Å². The minimum Gasteiger partial charge on any atom is -0.461 e. The average molecular weight is 256 g/mol. The molecule has 0 aliphatic carbocycles. The Morgan fingerprint density at radius 2 is 1.84 bits per heavy atom. The SMILES string of the molecule is CC(C)CCC(=O)OCc1ccc2ccccc2c1. The number of benzene rings is 2. The van der Waals surface area contributed by atoms with Gasteiger partial charge in [0.2, 0.25) is 0 Å². The number of carbonyl (C=O) groups is 1. The minimum atomic E-state index is -0.109. The van der Waals surface area contributed by atoms with Crippen molar-refractivity contribution in [3.63, 3.8) is 0 Å². The fraction of sp³-hybridized carbons (Fsp3) is 0.353. The molecule has 2 aromatic carbocycles. The van der Waals surface area contributed by atoms with E-state index >= 15 is 0 Å². The van der Waals surface area contributed by atoms with Crippen molar-refractivity contribution < 1.29 is 9.53 Å². The van der Waals surface area contributed by atoms with Crippen LogP contribution in [0.1, 0.15) is 32.3 Å². The highest BCUT2D eigenvalue weighted by Crippen LogP contribution is 2.16. The van der Waals surface area contributed by atoms with Crippen LogP contribution in [-0.2, 0) is 16.1 Å². The maximum absolute atomic E-state index is 11.6. The summed E-state index contributed by atoms with van der Waals surface area (Å²) >= 11 is 0. The Balaban J connectivity index is 1.92. The summed E-state index contributed by atoms with van der Waals surface area (Å²) < 4.78 is 5.29. The van der Waals surface area contributed by atoms with Crippen molar-refractivity contribution in [3.05, 3.63) is 48.0 Å². The van der Waals surface area contributed by atoms with Crippen LogP contribution in [-0.4, -0.2) is 5.97 Å². The first-order valence-corrected chi connectivity index (χ1v) is 6.78. The highest BCUT2D eigenvalue weighted by Gasteiger charge is 2.05. The van der Waals surface area contributed by atoms with Gasteiger partial charge < -0.3 is 4.74 Å². The summed E-state index contributed by atoms with van der Waals surface area (Å²) in [6, 6.07) is 14.3. The third-order valence-corrected chi connectivity index (χ3v) is 3.14. The maximum Gasteiger partial charge on any atom is 0.306 e. The lowest BCUT2D eigenvalue weighted by Crippen LogP contribution is -2.05. The molecule has 0 fully saturated rings. The monoisotopic (exact) mass is 256 g/mol. The average Bonchev–Trinajstić information content (AvgIpc) is 2.42. The lowest BCUT2D eigenvalue weighted by molar-refractivity contribution is -0.145. The number of fused-ring (bicyclic) bond motifs is 1. The van der Waals surface area contributed by atoms with Crippen LogP contribution in [0.4, 0.5) is 0 Å². The molecule has 0 amide bonds. The van der Waals surface area contributed by atoms with E-state index in [4.69, 9.17) is 4.74 Å². The highest BCUT2D eigenvalue weighted by atomic mass is 16.5. The zero-order chi connectivity index (χ0) is 13.7. The van der Waals surface area contributed by atoms with Gasteiger partial charge in [-0.3, -0.25) is 4.79 Å². The highest BCUT2D eigenvalue weighted by molar-refractivity contribution is 5.83. The first-order chi connectivity index (χ1) is 9.15.